The van der Waals surface area contributed by atoms with E-state index in [2.05, 4.69) is 0 Å². The molecule has 42 heavy (non-hydrogen) atoms. The van der Waals surface area contributed by atoms with Gasteiger partial charge in [-0.1, -0.05) is 0 Å². The van der Waals surface area contributed by atoms with Crippen LogP contribution in [0.5, 0.6) is 11.5 Å². The molecule has 2 aliphatic heterocycles. The van der Waals surface area contributed by atoms with Crippen LogP contribution >= 0.6 is 0 Å². The first-order valence-electron chi connectivity index (χ1n) is 14.9. The molecular weight excluding hydrogens is 536 g/mol. The van der Waals surface area contributed by atoms with Crippen LogP contribution in [0.3, 0.4) is 0 Å². The van der Waals surface area contributed by atoms with Gasteiger partial charge in [-0.2, -0.15) is 0 Å². The summed E-state index contributed by atoms with van der Waals surface area (Å²) in [5.74, 6) is 1.26. The van der Waals surface area contributed by atoms with Crippen molar-refractivity contribution in [3.63, 3.8) is 0 Å². The van der Waals surface area contributed by atoms with E-state index in [-0.39, 0.29) is 30.2 Å². The largest absolute Gasteiger partial charge is 0.490 e. The van der Waals surface area contributed by atoms with E-state index < -0.39 is 11.2 Å². The first-order valence-corrected chi connectivity index (χ1v) is 14.9. The first kappa shape index (κ1) is 29.7. The zero-order valence-corrected chi connectivity index (χ0v) is 25.5. The minimum absolute atomic E-state index is 0.0395. The highest BCUT2D eigenvalue weighted by Gasteiger charge is 2.31. The summed E-state index contributed by atoms with van der Waals surface area (Å²) < 4.78 is 23.4. The summed E-state index contributed by atoms with van der Waals surface area (Å²) in [7, 11) is 0. The molecule has 0 bridgehead atoms. The lowest BCUT2D eigenvalue weighted by Crippen LogP contribution is -2.44. The molecule has 2 heterocycles. The summed E-state index contributed by atoms with van der Waals surface area (Å²) in [6.45, 7) is 13.4. The van der Waals surface area contributed by atoms with E-state index in [0.29, 0.717) is 74.5 Å². The van der Waals surface area contributed by atoms with Crippen molar-refractivity contribution in [3.8, 4) is 22.6 Å². The molecule has 2 saturated heterocycles. The molecule has 0 atom stereocenters. The maximum absolute atomic E-state index is 13.4. The number of amides is 2. The average Bonchev–Trinajstić information content (AvgIpc) is 3.18. The van der Waals surface area contributed by atoms with Crippen LogP contribution in [-0.2, 0) is 9.47 Å². The minimum Gasteiger partial charge on any atom is -0.490 e. The number of piperidine rings is 2. The van der Waals surface area contributed by atoms with E-state index in [4.69, 9.17) is 18.9 Å². The molecule has 0 spiro atoms. The lowest BCUT2D eigenvalue weighted by atomic mass is 10.0. The number of rotatable bonds is 4. The number of benzene rings is 2. The second-order valence-corrected chi connectivity index (χ2v) is 13.3. The summed E-state index contributed by atoms with van der Waals surface area (Å²) in [5, 5.41) is 0. The van der Waals surface area contributed by atoms with Crippen molar-refractivity contribution in [1.29, 1.82) is 0 Å². The van der Waals surface area contributed by atoms with Gasteiger partial charge < -0.3 is 28.7 Å². The summed E-state index contributed by atoms with van der Waals surface area (Å²) in [6.07, 6.45) is 2.12. The molecule has 0 N–H and O–H groups in total. The lowest BCUT2D eigenvalue weighted by molar-refractivity contribution is 0.0115. The molecule has 2 fully saturated rings. The number of likely N-dealkylation sites (tertiary alicyclic amines) is 2. The lowest BCUT2D eigenvalue weighted by Gasteiger charge is -2.33. The second kappa shape index (κ2) is 11.5. The van der Waals surface area contributed by atoms with Crippen molar-refractivity contribution >= 4 is 18.0 Å². The number of hydrogen-bond acceptors (Lipinski definition) is 7. The molecule has 2 amide bonds. The highest BCUT2D eigenvalue weighted by atomic mass is 16.6. The van der Waals surface area contributed by atoms with E-state index in [1.165, 1.54) is 0 Å². The summed E-state index contributed by atoms with van der Waals surface area (Å²) in [6, 6.07) is 11.3. The monoisotopic (exact) mass is 578 g/mol. The van der Waals surface area contributed by atoms with E-state index in [1.807, 2.05) is 77.9 Å². The molecule has 0 unspecified atom stereocenters. The number of nitrogens with zero attached hydrogens (tertiary/aromatic N) is 2. The van der Waals surface area contributed by atoms with Crippen LogP contribution in [-0.4, -0.2) is 77.4 Å². The van der Waals surface area contributed by atoms with Gasteiger partial charge in [-0.3, -0.25) is 4.79 Å². The minimum atomic E-state index is -0.521. The topological polar surface area (TPSA) is 94.6 Å². The Morgan fingerprint density at radius 3 is 1.31 bits per heavy atom. The third-order valence-corrected chi connectivity index (χ3v) is 7.55. The predicted octanol–water partition coefficient (Wildman–Crippen LogP) is 6.45. The normalized spacial score (nSPS) is 17.9. The van der Waals surface area contributed by atoms with Crippen molar-refractivity contribution < 1.29 is 33.3 Å². The van der Waals surface area contributed by atoms with Crippen LogP contribution in [0.1, 0.15) is 83.1 Å². The van der Waals surface area contributed by atoms with Gasteiger partial charge in [0.15, 0.2) is 5.78 Å². The molecule has 2 aromatic rings. The van der Waals surface area contributed by atoms with E-state index in [0.717, 1.165) is 11.1 Å². The van der Waals surface area contributed by atoms with Gasteiger partial charge in [-0.15, -0.1) is 0 Å². The second-order valence-electron chi connectivity index (χ2n) is 13.3. The van der Waals surface area contributed by atoms with Crippen molar-refractivity contribution in [1.82, 2.24) is 9.80 Å². The Labute approximate surface area is 248 Å². The van der Waals surface area contributed by atoms with Gasteiger partial charge in [0.05, 0.1) is 0 Å². The number of ketones is 1. The molecule has 5 rings (SSSR count). The molecule has 226 valence electrons. The molecular formula is C33H42N2O7. The van der Waals surface area contributed by atoms with E-state index in [1.54, 1.807) is 9.80 Å². The molecule has 2 aromatic carbocycles. The average molecular weight is 579 g/mol. The van der Waals surface area contributed by atoms with Crippen molar-refractivity contribution in [2.45, 2.75) is 90.6 Å². The van der Waals surface area contributed by atoms with Crippen LogP contribution < -0.4 is 9.47 Å². The fourth-order valence-electron chi connectivity index (χ4n) is 5.53. The Hall–Kier alpha value is -3.75. The Bertz CT molecular complexity index is 1240. The van der Waals surface area contributed by atoms with Crippen LogP contribution in [0.15, 0.2) is 36.4 Å². The SMILES string of the molecule is CC(C)(C)OC(=O)N1CCC(Oc2ccc3c(c2)C(=O)c2cc(OC4CCN(C(=O)OC(C)(C)C)CC4)ccc2-3)CC1. The van der Waals surface area contributed by atoms with Gasteiger partial charge in [0, 0.05) is 63.0 Å². The van der Waals surface area contributed by atoms with Crippen LogP contribution in [0, 0.1) is 0 Å². The van der Waals surface area contributed by atoms with Crippen molar-refractivity contribution in [2.75, 3.05) is 26.2 Å². The summed E-state index contributed by atoms with van der Waals surface area (Å²) in [5.41, 5.74) is 1.98. The van der Waals surface area contributed by atoms with E-state index >= 15 is 0 Å². The number of carbonyl (C=O) groups excluding carboxylic acids is 3. The predicted molar refractivity (Wildman–Crippen MR) is 158 cm³/mol. The van der Waals surface area contributed by atoms with Gasteiger partial charge in [0.1, 0.15) is 34.9 Å². The number of hydrogen-bond donors (Lipinski definition) is 0. The molecule has 1 aliphatic carbocycles. The zero-order valence-electron chi connectivity index (χ0n) is 25.5. The quantitative estimate of drug-likeness (QED) is 0.351. The third kappa shape index (κ3) is 6.99. The smallest absolute Gasteiger partial charge is 0.410 e. The first-order chi connectivity index (χ1) is 19.8. The maximum Gasteiger partial charge on any atom is 0.410 e. The number of ether oxygens (including phenoxy) is 4. The van der Waals surface area contributed by atoms with E-state index in [9.17, 15) is 14.4 Å². The summed E-state index contributed by atoms with van der Waals surface area (Å²) in [4.78, 5) is 41.6. The Balaban J connectivity index is 1.16. The Morgan fingerprint density at radius 1 is 0.619 bits per heavy atom. The molecule has 0 aromatic heterocycles. The summed E-state index contributed by atoms with van der Waals surface area (Å²) >= 11 is 0. The van der Waals surface area contributed by atoms with Gasteiger partial charge in [0.2, 0.25) is 0 Å². The Morgan fingerprint density at radius 2 is 0.976 bits per heavy atom. The fraction of sp³-hybridized carbons (Fsp3) is 0.545. The van der Waals surface area contributed by atoms with Crippen LogP contribution in [0.25, 0.3) is 11.1 Å². The van der Waals surface area contributed by atoms with Gasteiger partial charge in [-0.05, 0) is 89.1 Å². The molecule has 0 saturated carbocycles. The molecule has 9 nitrogen and oxygen atoms in total. The Kier molecular flexibility index (Phi) is 8.14. The fourth-order valence-corrected chi connectivity index (χ4v) is 5.53. The van der Waals surface area contributed by atoms with Crippen LogP contribution in [0.4, 0.5) is 9.59 Å². The maximum atomic E-state index is 13.4. The highest BCUT2D eigenvalue weighted by molar-refractivity contribution is 6.22. The zero-order chi connectivity index (χ0) is 30.2. The standard InChI is InChI=1S/C33H42N2O7/c1-32(2,3)41-30(37)34-15-11-21(12-16-34)39-23-7-9-25-26-10-8-24(20-28(26)29(36)27(25)19-23)40-22-13-17-35(18-14-22)31(38)42-33(4,5)6/h7-10,19-22H,11-18H2,1-6H3. The number of carbonyl (C=O) groups is 3. The number of fused-ring (bicyclic) bond motifs is 3. The molecule has 3 aliphatic rings. The van der Waals surface area contributed by atoms with Gasteiger partial charge >= 0.3 is 12.2 Å². The van der Waals surface area contributed by atoms with Gasteiger partial charge in [-0.25, -0.2) is 9.59 Å². The van der Waals surface area contributed by atoms with Gasteiger partial charge in [0.25, 0.3) is 0 Å². The molecule has 9 heteroatoms. The van der Waals surface area contributed by atoms with Crippen LogP contribution in [0.2, 0.25) is 0 Å². The van der Waals surface area contributed by atoms with Crippen molar-refractivity contribution in [3.05, 3.63) is 47.5 Å². The molecule has 0 radical (unpaired) electrons. The highest BCUT2D eigenvalue weighted by Crippen LogP contribution is 2.40. The van der Waals surface area contributed by atoms with Crippen molar-refractivity contribution in [2.24, 2.45) is 0 Å². The third-order valence-electron chi connectivity index (χ3n) is 7.55.